The predicted molar refractivity (Wildman–Crippen MR) is 59.6 cm³/mol. The number of nitrogens with two attached hydrogens (primary N) is 1. The van der Waals surface area contributed by atoms with Crippen molar-refractivity contribution in [2.75, 3.05) is 0 Å². The Morgan fingerprint density at radius 2 is 2.44 bits per heavy atom. The van der Waals surface area contributed by atoms with Gasteiger partial charge in [0.2, 0.25) is 0 Å². The molecule has 2 unspecified atom stereocenters. The van der Waals surface area contributed by atoms with Crippen LogP contribution in [0.3, 0.4) is 0 Å². The number of ether oxygens (including phenoxy) is 1. The predicted octanol–water partition coefficient (Wildman–Crippen LogP) is 1.70. The lowest BCUT2D eigenvalue weighted by molar-refractivity contribution is -0.380. The van der Waals surface area contributed by atoms with Crippen molar-refractivity contribution in [2.45, 2.75) is 37.8 Å². The van der Waals surface area contributed by atoms with Crippen molar-refractivity contribution in [3.8, 4) is 5.19 Å². The molecule has 0 amide bonds. The van der Waals surface area contributed by atoms with Gasteiger partial charge in [-0.25, -0.2) is 4.98 Å². The average Bonchev–Trinajstić information content (AvgIpc) is 2.66. The lowest BCUT2D eigenvalue weighted by Crippen LogP contribution is -2.33. The van der Waals surface area contributed by atoms with Crippen molar-refractivity contribution in [2.24, 2.45) is 5.73 Å². The summed E-state index contributed by atoms with van der Waals surface area (Å²) >= 11 is 0.963. The van der Waals surface area contributed by atoms with E-state index in [2.05, 4.69) is 4.98 Å². The fraction of sp³-hybridized carbons (Fsp3) is 0.667. The van der Waals surface area contributed by atoms with Gasteiger partial charge in [-0.15, -0.1) is 0 Å². The van der Waals surface area contributed by atoms with Gasteiger partial charge in [-0.2, -0.15) is 0 Å². The second-order valence-electron chi connectivity index (χ2n) is 3.89. The van der Waals surface area contributed by atoms with Crippen molar-refractivity contribution in [1.29, 1.82) is 0 Å². The van der Waals surface area contributed by atoms with E-state index in [9.17, 15) is 10.1 Å². The summed E-state index contributed by atoms with van der Waals surface area (Å²) in [4.78, 5) is 13.9. The summed E-state index contributed by atoms with van der Waals surface area (Å²) in [7, 11) is 0. The fourth-order valence-electron chi connectivity index (χ4n) is 1.82. The number of hydrogen-bond donors (Lipinski definition) is 1. The molecule has 0 bridgehead atoms. The maximum absolute atomic E-state index is 10.5. The second-order valence-corrected chi connectivity index (χ2v) is 4.86. The van der Waals surface area contributed by atoms with Gasteiger partial charge in [-0.05, 0) is 37.0 Å². The third-order valence-electron chi connectivity index (χ3n) is 2.59. The van der Waals surface area contributed by atoms with Crippen molar-refractivity contribution >= 4 is 16.3 Å². The number of thiazole rings is 1. The van der Waals surface area contributed by atoms with Gasteiger partial charge in [0, 0.05) is 6.04 Å². The minimum Gasteiger partial charge on any atom is -0.467 e. The van der Waals surface area contributed by atoms with Crippen LogP contribution in [0.5, 0.6) is 5.19 Å². The molecule has 16 heavy (non-hydrogen) atoms. The van der Waals surface area contributed by atoms with Gasteiger partial charge in [0.25, 0.3) is 5.19 Å². The quantitative estimate of drug-likeness (QED) is 0.644. The SMILES string of the molecule is NC1CCCC(Oc2ncc([N+](=O)[O-])s2)C1. The fourth-order valence-corrected chi connectivity index (χ4v) is 2.47. The molecule has 88 valence electrons. The molecule has 1 aromatic heterocycles. The Morgan fingerprint density at radius 1 is 1.62 bits per heavy atom. The molecule has 2 rings (SSSR count). The van der Waals surface area contributed by atoms with Crippen LogP contribution in [-0.4, -0.2) is 22.1 Å². The smallest absolute Gasteiger partial charge is 0.347 e. The molecule has 0 aromatic carbocycles. The zero-order valence-electron chi connectivity index (χ0n) is 8.67. The highest BCUT2D eigenvalue weighted by atomic mass is 32.1. The monoisotopic (exact) mass is 243 g/mol. The van der Waals surface area contributed by atoms with Gasteiger partial charge < -0.3 is 10.5 Å². The summed E-state index contributed by atoms with van der Waals surface area (Å²) in [6, 6.07) is 0.175. The lowest BCUT2D eigenvalue weighted by atomic mass is 9.94. The third-order valence-corrected chi connectivity index (χ3v) is 3.43. The van der Waals surface area contributed by atoms with E-state index in [1.54, 1.807) is 0 Å². The second kappa shape index (κ2) is 4.75. The number of hydrogen-bond acceptors (Lipinski definition) is 6. The Labute approximate surface area is 96.6 Å². The number of nitro groups is 1. The lowest BCUT2D eigenvalue weighted by Gasteiger charge is -2.25. The molecule has 2 N–H and O–H groups in total. The molecule has 0 saturated heterocycles. The van der Waals surface area contributed by atoms with Gasteiger partial charge >= 0.3 is 5.00 Å². The van der Waals surface area contributed by atoms with Crippen LogP contribution < -0.4 is 10.5 Å². The highest BCUT2D eigenvalue weighted by molar-refractivity contribution is 7.16. The van der Waals surface area contributed by atoms with Crippen LogP contribution in [0.1, 0.15) is 25.7 Å². The Hall–Kier alpha value is -1.21. The first-order valence-electron chi connectivity index (χ1n) is 5.17. The molecule has 1 fully saturated rings. The first-order valence-corrected chi connectivity index (χ1v) is 5.99. The van der Waals surface area contributed by atoms with Gasteiger partial charge in [-0.1, -0.05) is 0 Å². The molecule has 1 aromatic rings. The van der Waals surface area contributed by atoms with E-state index in [0.29, 0.717) is 5.19 Å². The van der Waals surface area contributed by atoms with E-state index in [1.807, 2.05) is 0 Å². The first-order chi connectivity index (χ1) is 7.65. The minimum absolute atomic E-state index is 0.00936. The van der Waals surface area contributed by atoms with Gasteiger partial charge in [-0.3, -0.25) is 10.1 Å². The van der Waals surface area contributed by atoms with Gasteiger partial charge in [0.1, 0.15) is 12.3 Å². The molecule has 6 nitrogen and oxygen atoms in total. The minimum atomic E-state index is -0.461. The summed E-state index contributed by atoms with van der Waals surface area (Å²) < 4.78 is 5.58. The van der Waals surface area contributed by atoms with Crippen LogP contribution in [0.25, 0.3) is 0 Å². The van der Waals surface area contributed by atoms with Crippen molar-refractivity contribution in [3.63, 3.8) is 0 Å². The average molecular weight is 243 g/mol. The molecule has 1 heterocycles. The van der Waals surface area contributed by atoms with Crippen LogP contribution in [-0.2, 0) is 0 Å². The molecule has 0 spiro atoms. The molecule has 2 atom stereocenters. The van der Waals surface area contributed by atoms with E-state index < -0.39 is 4.92 Å². The largest absolute Gasteiger partial charge is 0.467 e. The molecule has 1 aliphatic rings. The molecular weight excluding hydrogens is 230 g/mol. The topological polar surface area (TPSA) is 91.3 Å². The Balaban J connectivity index is 1.95. The highest BCUT2D eigenvalue weighted by Crippen LogP contribution is 2.30. The third kappa shape index (κ3) is 2.67. The van der Waals surface area contributed by atoms with E-state index >= 15 is 0 Å². The van der Waals surface area contributed by atoms with Crippen LogP contribution in [0.15, 0.2) is 6.20 Å². The molecule has 0 radical (unpaired) electrons. The number of aromatic nitrogens is 1. The summed E-state index contributed by atoms with van der Waals surface area (Å²) in [5, 5.41) is 10.8. The summed E-state index contributed by atoms with van der Waals surface area (Å²) in [6.45, 7) is 0. The zero-order chi connectivity index (χ0) is 11.5. The molecule has 1 saturated carbocycles. The summed E-state index contributed by atoms with van der Waals surface area (Å²) in [6.07, 6.45) is 5.09. The highest BCUT2D eigenvalue weighted by Gasteiger charge is 2.22. The van der Waals surface area contributed by atoms with Crippen molar-refractivity contribution < 1.29 is 9.66 Å². The van der Waals surface area contributed by atoms with Gasteiger partial charge in [0.05, 0.1) is 4.92 Å². The van der Waals surface area contributed by atoms with Crippen LogP contribution in [0, 0.1) is 10.1 Å². The standard InChI is InChI=1S/C9H13N3O3S/c10-6-2-1-3-7(4-6)15-9-11-5-8(16-9)12(13)14/h5-7H,1-4,10H2. The van der Waals surface area contributed by atoms with Crippen LogP contribution in [0.4, 0.5) is 5.00 Å². The Morgan fingerprint density at radius 3 is 3.06 bits per heavy atom. The molecule has 1 aliphatic carbocycles. The Kier molecular flexibility index (Phi) is 3.35. The maximum atomic E-state index is 10.5. The van der Waals surface area contributed by atoms with Crippen LogP contribution in [0.2, 0.25) is 0 Å². The van der Waals surface area contributed by atoms with E-state index in [4.69, 9.17) is 10.5 Å². The number of nitrogens with zero attached hydrogens (tertiary/aromatic N) is 2. The molecule has 0 aliphatic heterocycles. The van der Waals surface area contributed by atoms with E-state index in [0.717, 1.165) is 37.0 Å². The molecular formula is C9H13N3O3S. The zero-order valence-corrected chi connectivity index (χ0v) is 9.48. The van der Waals surface area contributed by atoms with E-state index in [-0.39, 0.29) is 17.1 Å². The Bertz CT molecular complexity index is 382. The number of rotatable bonds is 3. The van der Waals surface area contributed by atoms with Gasteiger partial charge in [0.15, 0.2) is 0 Å². The maximum Gasteiger partial charge on any atom is 0.347 e. The summed E-state index contributed by atoms with van der Waals surface area (Å²) in [5.41, 5.74) is 5.83. The molecule has 7 heteroatoms. The first kappa shape index (κ1) is 11.3. The van der Waals surface area contributed by atoms with Crippen molar-refractivity contribution in [3.05, 3.63) is 16.3 Å². The normalized spacial score (nSPS) is 25.3. The van der Waals surface area contributed by atoms with Crippen molar-refractivity contribution in [1.82, 2.24) is 4.98 Å². The summed E-state index contributed by atoms with van der Waals surface area (Å²) in [5.74, 6) is 0. The van der Waals surface area contributed by atoms with Crippen LogP contribution >= 0.6 is 11.3 Å². The van der Waals surface area contributed by atoms with E-state index in [1.165, 1.54) is 6.20 Å².